The standard InChI is InChI=1S/C31H35Cl2N2O11P/c1-14-30-18(34-47(42,46-30)35(9-7-32)10-8-33)11-21(44-14)45-20-13-31(41,15(2)36)12-17-23(20)29(40)25-24(27(17)38)26(37)16-5-4-6-19(43-3)22(16)28(25)39/h4-6,14,18,20-21,30,38,40-41H,7-13H2,1-3H3,(H,34,42)/t14-,18-,20-,21-,30+,31-,47?/m0/s1. The molecule has 0 saturated carbocycles. The molecule has 2 heterocycles. The predicted octanol–water partition coefficient (Wildman–Crippen LogP) is 3.59. The number of hydrogen-bond donors (Lipinski definition) is 4. The Morgan fingerprint density at radius 2 is 1.81 bits per heavy atom. The molecule has 0 aromatic heterocycles. The number of phenolic OH excluding ortho intramolecular Hbond substituents is 2. The number of fused-ring (bicyclic) bond motifs is 4. The number of nitrogens with one attached hydrogen (secondary N) is 1. The maximum atomic E-state index is 13.9. The number of benzene rings is 2. The van der Waals surface area contributed by atoms with Crippen molar-refractivity contribution in [1.29, 1.82) is 0 Å². The van der Waals surface area contributed by atoms with Crippen molar-refractivity contribution in [3.05, 3.63) is 51.6 Å². The molecule has 47 heavy (non-hydrogen) atoms. The molecule has 7 atom stereocenters. The zero-order valence-corrected chi connectivity index (χ0v) is 28.2. The second kappa shape index (κ2) is 12.7. The lowest BCUT2D eigenvalue weighted by Crippen LogP contribution is -2.50. The van der Waals surface area contributed by atoms with Crippen molar-refractivity contribution in [2.45, 2.75) is 69.4 Å². The molecule has 2 aliphatic heterocycles. The number of carbonyl (C=O) groups excluding carboxylic acids is 3. The van der Waals surface area contributed by atoms with Gasteiger partial charge >= 0.3 is 7.67 Å². The van der Waals surface area contributed by atoms with E-state index in [0.717, 1.165) is 0 Å². The van der Waals surface area contributed by atoms with Crippen LogP contribution in [0.4, 0.5) is 0 Å². The summed E-state index contributed by atoms with van der Waals surface area (Å²) < 4.78 is 39.1. The number of aliphatic hydroxyl groups is 1. The molecule has 254 valence electrons. The average Bonchev–Trinajstić information content (AvgIpc) is 3.38. The molecule has 2 aromatic rings. The van der Waals surface area contributed by atoms with E-state index in [1.807, 2.05) is 0 Å². The van der Waals surface area contributed by atoms with Crippen LogP contribution in [0.15, 0.2) is 18.2 Å². The van der Waals surface area contributed by atoms with Crippen LogP contribution >= 0.6 is 30.9 Å². The van der Waals surface area contributed by atoms with Gasteiger partial charge in [0.1, 0.15) is 29.0 Å². The summed E-state index contributed by atoms with van der Waals surface area (Å²) >= 11 is 11.9. The van der Waals surface area contributed by atoms with E-state index in [2.05, 4.69) is 5.09 Å². The number of rotatable bonds is 9. The quantitative estimate of drug-likeness (QED) is 0.144. The van der Waals surface area contributed by atoms with Crippen molar-refractivity contribution in [1.82, 2.24) is 9.76 Å². The summed E-state index contributed by atoms with van der Waals surface area (Å²) in [6.07, 6.45) is -4.27. The van der Waals surface area contributed by atoms with E-state index in [9.17, 15) is 34.3 Å². The first-order valence-corrected chi connectivity index (χ1v) is 17.8. The van der Waals surface area contributed by atoms with Gasteiger partial charge in [-0.25, -0.2) is 9.76 Å². The van der Waals surface area contributed by atoms with Crippen LogP contribution in [0.25, 0.3) is 0 Å². The molecule has 13 nitrogen and oxygen atoms in total. The fourth-order valence-electron chi connectivity index (χ4n) is 7.02. The van der Waals surface area contributed by atoms with Gasteiger partial charge < -0.3 is 29.5 Å². The van der Waals surface area contributed by atoms with Crippen LogP contribution in [0.3, 0.4) is 0 Å². The molecule has 2 saturated heterocycles. The zero-order chi connectivity index (χ0) is 34.0. The van der Waals surface area contributed by atoms with E-state index in [1.165, 1.54) is 32.2 Å². The third kappa shape index (κ3) is 5.59. The molecule has 0 spiro atoms. The molecule has 2 aliphatic carbocycles. The number of carbonyl (C=O) groups is 3. The van der Waals surface area contributed by atoms with Gasteiger partial charge in [-0.15, -0.1) is 23.2 Å². The highest BCUT2D eigenvalue weighted by Crippen LogP contribution is 2.57. The van der Waals surface area contributed by atoms with Crippen LogP contribution in [0.2, 0.25) is 0 Å². The molecule has 16 heteroatoms. The van der Waals surface area contributed by atoms with Gasteiger partial charge in [-0.05, 0) is 19.9 Å². The number of hydrogen-bond acceptors (Lipinski definition) is 11. The highest BCUT2D eigenvalue weighted by Gasteiger charge is 2.54. The van der Waals surface area contributed by atoms with Gasteiger partial charge in [0, 0.05) is 60.8 Å². The Hall–Kier alpha value is -2.58. The van der Waals surface area contributed by atoms with Crippen molar-refractivity contribution < 1.29 is 53.0 Å². The van der Waals surface area contributed by atoms with E-state index in [-0.39, 0.29) is 65.7 Å². The fraction of sp³-hybridized carbons (Fsp3) is 0.516. The van der Waals surface area contributed by atoms with E-state index in [1.54, 1.807) is 11.6 Å². The lowest BCUT2D eigenvalue weighted by atomic mass is 9.72. The highest BCUT2D eigenvalue weighted by molar-refractivity contribution is 7.54. The third-order valence-electron chi connectivity index (χ3n) is 9.37. The zero-order valence-electron chi connectivity index (χ0n) is 25.8. The minimum absolute atomic E-state index is 0.0275. The van der Waals surface area contributed by atoms with E-state index >= 15 is 0 Å². The molecule has 2 aromatic carbocycles. The molecule has 0 amide bonds. The molecule has 0 radical (unpaired) electrons. The Labute approximate surface area is 280 Å². The minimum atomic E-state index is -3.54. The Morgan fingerprint density at radius 1 is 1.13 bits per heavy atom. The molecule has 0 bridgehead atoms. The molecule has 4 N–H and O–H groups in total. The lowest BCUT2D eigenvalue weighted by molar-refractivity contribution is -0.241. The van der Waals surface area contributed by atoms with E-state index in [0.29, 0.717) is 0 Å². The van der Waals surface area contributed by atoms with Crippen LogP contribution < -0.4 is 9.82 Å². The number of nitrogens with zero attached hydrogens (tertiary/aromatic N) is 1. The first-order valence-electron chi connectivity index (χ1n) is 15.1. The van der Waals surface area contributed by atoms with E-state index < -0.39 is 90.3 Å². The normalized spacial score (nSPS) is 31.3. The smallest absolute Gasteiger partial charge is 0.344 e. The molecule has 2 fully saturated rings. The minimum Gasteiger partial charge on any atom is -0.507 e. The second-order valence-electron chi connectivity index (χ2n) is 12.1. The fourth-order valence-corrected chi connectivity index (χ4v) is 10.1. The average molecular weight is 714 g/mol. The summed E-state index contributed by atoms with van der Waals surface area (Å²) in [4.78, 5) is 40.3. The first kappa shape index (κ1) is 34.3. The number of methoxy groups -OCH3 is 1. The van der Waals surface area contributed by atoms with Gasteiger partial charge in [-0.1, -0.05) is 12.1 Å². The van der Waals surface area contributed by atoms with Gasteiger partial charge in [0.2, 0.25) is 5.78 Å². The Balaban J connectivity index is 1.38. The first-order chi connectivity index (χ1) is 22.3. The predicted molar refractivity (Wildman–Crippen MR) is 169 cm³/mol. The number of aromatic hydroxyl groups is 2. The number of Topliss-reactive ketones (excluding diaryl/α,β-unsaturated/α-hetero) is 1. The summed E-state index contributed by atoms with van der Waals surface area (Å²) in [5, 5.41) is 37.8. The maximum Gasteiger partial charge on any atom is 0.344 e. The van der Waals surface area contributed by atoms with E-state index in [4.69, 9.17) is 41.9 Å². The Kier molecular flexibility index (Phi) is 9.27. The molecular formula is C31H35Cl2N2O11P. The molecule has 6 rings (SSSR count). The van der Waals surface area contributed by atoms with Crippen molar-refractivity contribution in [3.8, 4) is 17.2 Å². The molecule has 4 aliphatic rings. The number of phenols is 2. The van der Waals surface area contributed by atoms with Gasteiger partial charge in [0.05, 0.1) is 42.0 Å². The summed E-state index contributed by atoms with van der Waals surface area (Å²) in [5.74, 6) is -2.86. The van der Waals surface area contributed by atoms with Crippen LogP contribution in [0.5, 0.6) is 17.2 Å². The second-order valence-corrected chi connectivity index (χ2v) is 15.0. The van der Waals surface area contributed by atoms with Gasteiger partial charge in [0.15, 0.2) is 17.9 Å². The molecule has 1 unspecified atom stereocenters. The maximum absolute atomic E-state index is 13.9. The van der Waals surface area contributed by atoms with Gasteiger partial charge in [0.25, 0.3) is 0 Å². The highest BCUT2D eigenvalue weighted by atomic mass is 35.5. The van der Waals surface area contributed by atoms with Crippen molar-refractivity contribution >= 4 is 48.2 Å². The summed E-state index contributed by atoms with van der Waals surface area (Å²) in [7, 11) is -2.21. The number of halogens is 2. The number of alkyl halides is 2. The van der Waals surface area contributed by atoms with Crippen LogP contribution in [0.1, 0.15) is 75.8 Å². The summed E-state index contributed by atoms with van der Waals surface area (Å²) in [6.45, 7) is 3.43. The Morgan fingerprint density at radius 3 is 2.45 bits per heavy atom. The van der Waals surface area contributed by atoms with Crippen LogP contribution in [-0.2, 0) is 29.8 Å². The third-order valence-corrected chi connectivity index (χ3v) is 12.0. The molecular weight excluding hydrogens is 678 g/mol. The van der Waals surface area contributed by atoms with Crippen LogP contribution in [-0.4, -0.2) is 99.4 Å². The lowest BCUT2D eigenvalue weighted by Gasteiger charge is -2.41. The van der Waals surface area contributed by atoms with Crippen molar-refractivity contribution in [2.75, 3.05) is 32.0 Å². The summed E-state index contributed by atoms with van der Waals surface area (Å²) in [6, 6.07) is 3.93. The van der Waals surface area contributed by atoms with Crippen LogP contribution in [0, 0.1) is 0 Å². The Bertz CT molecular complexity index is 1700. The SMILES string of the molecule is COc1cccc2c1C(=O)c1c(O)c3c(c(O)c1C2=O)C[C@@](O)(C(C)=O)C[C@@H]3O[C@H]1C[C@@H]2NP(=O)(N(CCCl)CCCl)O[C@@H]2[C@H](C)O1. The topological polar surface area (TPSA) is 181 Å². The largest absolute Gasteiger partial charge is 0.507 e. The van der Waals surface area contributed by atoms with Crippen molar-refractivity contribution in [2.24, 2.45) is 0 Å². The van der Waals surface area contributed by atoms with Gasteiger partial charge in [-0.3, -0.25) is 23.5 Å². The summed E-state index contributed by atoms with van der Waals surface area (Å²) in [5.41, 5.74) is -3.18. The van der Waals surface area contributed by atoms with Gasteiger partial charge in [-0.2, -0.15) is 0 Å². The monoisotopic (exact) mass is 712 g/mol. The number of ether oxygens (including phenoxy) is 3. The van der Waals surface area contributed by atoms with Crippen molar-refractivity contribution in [3.63, 3.8) is 0 Å². The number of ketones is 3.